The number of hydrogen-bond donors (Lipinski definition) is 1. The lowest BCUT2D eigenvalue weighted by molar-refractivity contribution is 0.275. The molecule has 0 bridgehead atoms. The van der Waals surface area contributed by atoms with Gasteiger partial charge < -0.3 is 9.84 Å². The fourth-order valence-electron chi connectivity index (χ4n) is 2.49. The van der Waals surface area contributed by atoms with E-state index in [4.69, 9.17) is 4.74 Å². The fourth-order valence-corrected chi connectivity index (χ4v) is 2.49. The van der Waals surface area contributed by atoms with E-state index < -0.39 is 0 Å². The molecule has 5 heteroatoms. The van der Waals surface area contributed by atoms with Crippen molar-refractivity contribution in [3.05, 3.63) is 41.2 Å². The molecule has 0 radical (unpaired) electrons. The second-order valence-corrected chi connectivity index (χ2v) is 5.45. The maximum atomic E-state index is 9.47. The maximum absolute atomic E-state index is 9.47. The summed E-state index contributed by atoms with van der Waals surface area (Å²) in [5.41, 5.74) is 2.84. The van der Waals surface area contributed by atoms with E-state index in [2.05, 4.69) is 17.2 Å². The minimum atomic E-state index is -0.0690. The first-order valence-electron chi connectivity index (χ1n) is 7.93. The molecular weight excluding hydrogens is 278 g/mol. The number of aliphatic hydroxyl groups excluding tert-OH is 1. The van der Waals surface area contributed by atoms with Gasteiger partial charge in [0.15, 0.2) is 0 Å². The Labute approximate surface area is 131 Å². The van der Waals surface area contributed by atoms with Gasteiger partial charge >= 0.3 is 0 Å². The average Bonchev–Trinajstić information content (AvgIpc) is 2.94. The SMILES string of the molecule is CCCCCCn1nnc(CO)c1Cc1ccc(OC)cc1. The Morgan fingerprint density at radius 1 is 1.14 bits per heavy atom. The Kier molecular flexibility index (Phi) is 6.40. The molecule has 2 rings (SSSR count). The number of aromatic nitrogens is 3. The molecule has 0 fully saturated rings. The molecule has 0 unspecified atom stereocenters. The lowest BCUT2D eigenvalue weighted by Gasteiger charge is -2.08. The molecule has 0 amide bonds. The normalized spacial score (nSPS) is 10.9. The number of aliphatic hydroxyl groups is 1. The van der Waals surface area contributed by atoms with Crippen LogP contribution in [-0.4, -0.2) is 27.2 Å². The van der Waals surface area contributed by atoms with Crippen molar-refractivity contribution in [3.63, 3.8) is 0 Å². The maximum Gasteiger partial charge on any atom is 0.118 e. The zero-order valence-corrected chi connectivity index (χ0v) is 13.5. The van der Waals surface area contributed by atoms with E-state index in [-0.39, 0.29) is 6.61 Å². The third kappa shape index (κ3) is 4.31. The van der Waals surface area contributed by atoms with Crippen LogP contribution in [0.1, 0.15) is 49.6 Å². The quantitative estimate of drug-likeness (QED) is 0.724. The van der Waals surface area contributed by atoms with Crippen LogP contribution in [0.25, 0.3) is 0 Å². The molecule has 1 aromatic carbocycles. The summed E-state index contributed by atoms with van der Waals surface area (Å²) < 4.78 is 7.12. The lowest BCUT2D eigenvalue weighted by Crippen LogP contribution is -2.07. The van der Waals surface area contributed by atoms with Crippen molar-refractivity contribution in [2.24, 2.45) is 0 Å². The molecule has 0 spiro atoms. The number of unbranched alkanes of at least 4 members (excludes halogenated alkanes) is 3. The van der Waals surface area contributed by atoms with Crippen molar-refractivity contribution in [2.45, 2.75) is 52.2 Å². The zero-order chi connectivity index (χ0) is 15.8. The monoisotopic (exact) mass is 303 g/mol. The number of rotatable bonds is 9. The van der Waals surface area contributed by atoms with Gasteiger partial charge in [-0.05, 0) is 24.1 Å². The van der Waals surface area contributed by atoms with Gasteiger partial charge in [0, 0.05) is 13.0 Å². The lowest BCUT2D eigenvalue weighted by atomic mass is 10.1. The Morgan fingerprint density at radius 2 is 1.91 bits per heavy atom. The van der Waals surface area contributed by atoms with Crippen molar-refractivity contribution in [1.82, 2.24) is 15.0 Å². The zero-order valence-electron chi connectivity index (χ0n) is 13.5. The number of aryl methyl sites for hydroxylation is 1. The summed E-state index contributed by atoms with van der Waals surface area (Å²) in [6, 6.07) is 7.97. The van der Waals surface area contributed by atoms with Gasteiger partial charge in [-0.15, -0.1) is 5.10 Å². The second-order valence-electron chi connectivity index (χ2n) is 5.45. The highest BCUT2D eigenvalue weighted by Crippen LogP contribution is 2.17. The number of ether oxygens (including phenoxy) is 1. The van der Waals surface area contributed by atoms with Crippen LogP contribution in [0.2, 0.25) is 0 Å². The first-order chi connectivity index (χ1) is 10.8. The van der Waals surface area contributed by atoms with Crippen molar-refractivity contribution < 1.29 is 9.84 Å². The molecule has 0 aliphatic rings. The minimum absolute atomic E-state index is 0.0690. The molecule has 1 heterocycles. The molecule has 0 aliphatic heterocycles. The van der Waals surface area contributed by atoms with Gasteiger partial charge in [-0.3, -0.25) is 0 Å². The van der Waals surface area contributed by atoms with E-state index in [1.165, 1.54) is 19.3 Å². The summed E-state index contributed by atoms with van der Waals surface area (Å²) >= 11 is 0. The first-order valence-corrected chi connectivity index (χ1v) is 7.93. The largest absolute Gasteiger partial charge is 0.497 e. The topological polar surface area (TPSA) is 60.2 Å². The van der Waals surface area contributed by atoms with E-state index in [1.807, 2.05) is 28.9 Å². The fraction of sp³-hybridized carbons (Fsp3) is 0.529. The highest BCUT2D eigenvalue weighted by Gasteiger charge is 2.12. The van der Waals surface area contributed by atoms with Gasteiger partial charge in [-0.1, -0.05) is 43.5 Å². The van der Waals surface area contributed by atoms with Gasteiger partial charge in [-0.25, -0.2) is 4.68 Å². The molecule has 0 saturated heterocycles. The number of nitrogens with zero attached hydrogens (tertiary/aromatic N) is 3. The number of hydrogen-bond acceptors (Lipinski definition) is 4. The van der Waals surface area contributed by atoms with Gasteiger partial charge in [0.2, 0.25) is 0 Å². The van der Waals surface area contributed by atoms with Crippen molar-refractivity contribution in [1.29, 1.82) is 0 Å². The van der Waals surface area contributed by atoms with Crippen molar-refractivity contribution in [2.75, 3.05) is 7.11 Å². The van der Waals surface area contributed by atoms with Crippen LogP contribution in [0.15, 0.2) is 24.3 Å². The molecule has 2 aromatic rings. The average molecular weight is 303 g/mol. The standard InChI is InChI=1S/C17H25N3O2/c1-3-4-5-6-11-20-17(16(13-21)18-19-20)12-14-7-9-15(22-2)10-8-14/h7-10,21H,3-6,11-13H2,1-2H3. The predicted octanol–water partition coefficient (Wildman–Crippen LogP) is 2.95. The predicted molar refractivity (Wildman–Crippen MR) is 85.9 cm³/mol. The minimum Gasteiger partial charge on any atom is -0.497 e. The molecular formula is C17H25N3O2. The molecule has 0 aliphatic carbocycles. The molecule has 0 saturated carbocycles. The summed E-state index contributed by atoms with van der Waals surface area (Å²) in [6.45, 7) is 2.99. The highest BCUT2D eigenvalue weighted by atomic mass is 16.5. The smallest absolute Gasteiger partial charge is 0.118 e. The molecule has 22 heavy (non-hydrogen) atoms. The second kappa shape index (κ2) is 8.54. The van der Waals surface area contributed by atoms with E-state index in [9.17, 15) is 5.11 Å². The molecule has 5 nitrogen and oxygen atoms in total. The van der Waals surface area contributed by atoms with Crippen molar-refractivity contribution in [3.8, 4) is 5.75 Å². The number of methoxy groups -OCH3 is 1. The molecule has 1 aromatic heterocycles. The van der Waals surface area contributed by atoms with Crippen LogP contribution in [0.5, 0.6) is 5.75 Å². The third-order valence-electron chi connectivity index (χ3n) is 3.82. The van der Waals surface area contributed by atoms with Crippen molar-refractivity contribution >= 4 is 0 Å². The van der Waals surface area contributed by atoms with Gasteiger partial charge in [0.05, 0.1) is 19.4 Å². The summed E-state index contributed by atoms with van der Waals surface area (Å²) in [5.74, 6) is 0.845. The Balaban J connectivity index is 2.08. The summed E-state index contributed by atoms with van der Waals surface area (Å²) in [7, 11) is 1.66. The summed E-state index contributed by atoms with van der Waals surface area (Å²) in [4.78, 5) is 0. The molecule has 0 atom stereocenters. The van der Waals surface area contributed by atoms with E-state index in [1.54, 1.807) is 7.11 Å². The van der Waals surface area contributed by atoms with Crippen LogP contribution in [0, 0.1) is 0 Å². The Bertz CT molecular complexity index is 564. The van der Waals surface area contributed by atoms with Crippen LogP contribution < -0.4 is 4.74 Å². The highest BCUT2D eigenvalue weighted by molar-refractivity contribution is 5.30. The van der Waals surface area contributed by atoms with Crippen LogP contribution >= 0.6 is 0 Å². The van der Waals surface area contributed by atoms with Gasteiger partial charge in [0.25, 0.3) is 0 Å². The van der Waals surface area contributed by atoms with E-state index >= 15 is 0 Å². The third-order valence-corrected chi connectivity index (χ3v) is 3.82. The van der Waals surface area contributed by atoms with Gasteiger partial charge in [-0.2, -0.15) is 0 Å². The van der Waals surface area contributed by atoms with Crippen LogP contribution in [0.3, 0.4) is 0 Å². The molecule has 120 valence electrons. The van der Waals surface area contributed by atoms with Crippen LogP contribution in [-0.2, 0) is 19.6 Å². The number of benzene rings is 1. The van der Waals surface area contributed by atoms with E-state index in [0.717, 1.165) is 36.4 Å². The van der Waals surface area contributed by atoms with Crippen LogP contribution in [0.4, 0.5) is 0 Å². The summed E-state index contributed by atoms with van der Waals surface area (Å²) in [6.07, 6.45) is 5.48. The molecule has 1 N–H and O–H groups in total. The first kappa shape index (κ1) is 16.5. The van der Waals surface area contributed by atoms with Gasteiger partial charge in [0.1, 0.15) is 11.4 Å². The summed E-state index contributed by atoms with van der Waals surface area (Å²) in [5, 5.41) is 17.8. The van der Waals surface area contributed by atoms with E-state index in [0.29, 0.717) is 5.69 Å². The Hall–Kier alpha value is -1.88. The Morgan fingerprint density at radius 3 is 2.55 bits per heavy atom.